The van der Waals surface area contributed by atoms with Crippen molar-refractivity contribution in [2.75, 3.05) is 24.0 Å². The Kier molecular flexibility index (Phi) is 7.05. The van der Waals surface area contributed by atoms with Gasteiger partial charge in [-0.1, -0.05) is 40.2 Å². The smallest absolute Gasteiger partial charge is 0.264 e. The van der Waals surface area contributed by atoms with Crippen molar-refractivity contribution in [3.8, 4) is 5.75 Å². The Morgan fingerprint density at radius 2 is 1.67 bits per heavy atom. The molecule has 0 saturated carbocycles. The van der Waals surface area contributed by atoms with Gasteiger partial charge >= 0.3 is 0 Å². The molecule has 0 fully saturated rings. The number of sulfonamides is 1. The van der Waals surface area contributed by atoms with Crippen molar-refractivity contribution < 1.29 is 17.9 Å². The summed E-state index contributed by atoms with van der Waals surface area (Å²) < 4.78 is 34.6. The van der Waals surface area contributed by atoms with Gasteiger partial charge in [-0.25, -0.2) is 8.42 Å². The average molecular weight is 529 g/mol. The summed E-state index contributed by atoms with van der Waals surface area (Å²) in [7, 11) is -3.97. The lowest BCUT2D eigenvalue weighted by atomic mass is 10.00. The SMILES string of the molecule is CCOc1ccc(N(CC(=O)N2CCc3ccccc3C2)S(=O)(=O)c2ccc(Br)cc2)cc1. The Morgan fingerprint density at radius 3 is 2.33 bits per heavy atom. The summed E-state index contributed by atoms with van der Waals surface area (Å²) in [6, 6.07) is 21.2. The summed E-state index contributed by atoms with van der Waals surface area (Å²) in [6.07, 6.45) is 0.754. The standard InChI is InChI=1S/C25H25BrN2O4S/c1-2-32-23-11-9-22(10-12-23)28(33(30,31)24-13-7-21(26)8-14-24)18-25(29)27-16-15-19-5-3-4-6-20(19)17-27/h3-14H,2,15-18H2,1H3. The highest BCUT2D eigenvalue weighted by Crippen LogP contribution is 2.27. The average Bonchev–Trinajstić information content (AvgIpc) is 2.83. The second kappa shape index (κ2) is 9.97. The molecule has 33 heavy (non-hydrogen) atoms. The van der Waals surface area contributed by atoms with Crippen LogP contribution in [-0.4, -0.2) is 38.9 Å². The summed E-state index contributed by atoms with van der Waals surface area (Å²) in [5.74, 6) is 0.403. The summed E-state index contributed by atoms with van der Waals surface area (Å²) >= 11 is 3.34. The zero-order valence-electron chi connectivity index (χ0n) is 18.3. The van der Waals surface area contributed by atoms with Crippen LogP contribution in [0, 0.1) is 0 Å². The predicted molar refractivity (Wildman–Crippen MR) is 132 cm³/mol. The lowest BCUT2D eigenvalue weighted by Gasteiger charge is -2.32. The minimum Gasteiger partial charge on any atom is -0.494 e. The first kappa shape index (κ1) is 23.3. The zero-order valence-corrected chi connectivity index (χ0v) is 20.7. The summed E-state index contributed by atoms with van der Waals surface area (Å²) in [4.78, 5) is 15.1. The molecule has 4 rings (SSSR count). The van der Waals surface area contributed by atoms with Gasteiger partial charge in [0, 0.05) is 17.6 Å². The van der Waals surface area contributed by atoms with Crippen molar-refractivity contribution >= 4 is 37.5 Å². The Morgan fingerprint density at radius 1 is 1.00 bits per heavy atom. The van der Waals surface area contributed by atoms with E-state index >= 15 is 0 Å². The number of carbonyl (C=O) groups is 1. The molecule has 0 aliphatic carbocycles. The van der Waals surface area contributed by atoms with Crippen LogP contribution in [0.15, 0.2) is 82.2 Å². The number of nitrogens with zero attached hydrogens (tertiary/aromatic N) is 2. The molecule has 8 heteroatoms. The largest absolute Gasteiger partial charge is 0.494 e. The minimum atomic E-state index is -3.97. The topological polar surface area (TPSA) is 66.9 Å². The van der Waals surface area contributed by atoms with Crippen LogP contribution in [0.1, 0.15) is 18.1 Å². The molecule has 1 amide bonds. The van der Waals surface area contributed by atoms with Gasteiger partial charge in [0.25, 0.3) is 10.0 Å². The van der Waals surface area contributed by atoms with Crippen molar-refractivity contribution in [3.05, 3.63) is 88.4 Å². The first-order valence-electron chi connectivity index (χ1n) is 10.7. The summed E-state index contributed by atoms with van der Waals surface area (Å²) in [5, 5.41) is 0. The molecule has 1 aliphatic heterocycles. The number of amides is 1. The molecule has 6 nitrogen and oxygen atoms in total. The Hall–Kier alpha value is -2.84. The highest BCUT2D eigenvalue weighted by atomic mass is 79.9. The van der Waals surface area contributed by atoms with Gasteiger partial charge in [0.1, 0.15) is 12.3 Å². The maximum Gasteiger partial charge on any atom is 0.264 e. The predicted octanol–water partition coefficient (Wildman–Crippen LogP) is 4.63. The van der Waals surface area contributed by atoms with E-state index in [1.807, 2.05) is 25.1 Å². The second-order valence-electron chi connectivity index (χ2n) is 7.73. The van der Waals surface area contributed by atoms with Crippen LogP contribution >= 0.6 is 15.9 Å². The number of halogens is 1. The van der Waals surface area contributed by atoms with Gasteiger partial charge in [-0.3, -0.25) is 9.10 Å². The first-order valence-corrected chi connectivity index (χ1v) is 13.0. The van der Waals surface area contributed by atoms with Crippen LogP contribution < -0.4 is 9.04 Å². The fourth-order valence-electron chi connectivity index (χ4n) is 3.86. The molecule has 0 spiro atoms. The fraction of sp³-hybridized carbons (Fsp3) is 0.240. The number of ether oxygens (including phenoxy) is 1. The Balaban J connectivity index is 1.64. The number of benzene rings is 3. The molecule has 3 aromatic rings. The van der Waals surface area contributed by atoms with E-state index in [9.17, 15) is 13.2 Å². The van der Waals surface area contributed by atoms with E-state index in [1.54, 1.807) is 41.3 Å². The monoisotopic (exact) mass is 528 g/mol. The van der Waals surface area contributed by atoms with E-state index in [2.05, 4.69) is 22.0 Å². The molecular weight excluding hydrogens is 504 g/mol. The summed E-state index contributed by atoms with van der Waals surface area (Å²) in [5.41, 5.74) is 2.74. The Bertz CT molecular complexity index is 1230. The Labute approximate surface area is 203 Å². The van der Waals surface area contributed by atoms with Gasteiger partial charge < -0.3 is 9.64 Å². The van der Waals surface area contributed by atoms with Gasteiger partial charge in [-0.15, -0.1) is 0 Å². The van der Waals surface area contributed by atoms with Gasteiger partial charge in [-0.2, -0.15) is 0 Å². The third kappa shape index (κ3) is 5.23. The lowest BCUT2D eigenvalue weighted by molar-refractivity contribution is -0.130. The quantitative estimate of drug-likeness (QED) is 0.448. The van der Waals surface area contributed by atoms with Crippen molar-refractivity contribution in [2.45, 2.75) is 24.8 Å². The molecule has 3 aromatic carbocycles. The van der Waals surface area contributed by atoms with Crippen molar-refractivity contribution in [1.29, 1.82) is 0 Å². The number of anilines is 1. The molecular formula is C25H25BrN2O4S. The second-order valence-corrected chi connectivity index (χ2v) is 10.5. The van der Waals surface area contributed by atoms with Crippen LogP contribution in [0.2, 0.25) is 0 Å². The molecule has 0 atom stereocenters. The zero-order chi connectivity index (χ0) is 23.4. The van der Waals surface area contributed by atoms with E-state index in [0.29, 0.717) is 31.1 Å². The molecule has 0 aromatic heterocycles. The van der Waals surface area contributed by atoms with Crippen molar-refractivity contribution in [1.82, 2.24) is 4.90 Å². The van der Waals surface area contributed by atoms with Crippen LogP contribution in [0.4, 0.5) is 5.69 Å². The number of hydrogen-bond donors (Lipinski definition) is 0. The van der Waals surface area contributed by atoms with Crippen LogP contribution in [0.25, 0.3) is 0 Å². The number of carbonyl (C=O) groups excluding carboxylic acids is 1. The maximum absolute atomic E-state index is 13.6. The number of hydrogen-bond acceptors (Lipinski definition) is 4. The van der Waals surface area contributed by atoms with Gasteiger partial charge in [0.05, 0.1) is 17.2 Å². The normalized spacial score (nSPS) is 13.3. The molecule has 0 radical (unpaired) electrons. The van der Waals surface area contributed by atoms with E-state index in [4.69, 9.17) is 4.74 Å². The summed E-state index contributed by atoms with van der Waals surface area (Å²) in [6.45, 7) is 3.15. The van der Waals surface area contributed by atoms with E-state index in [0.717, 1.165) is 16.5 Å². The first-order chi connectivity index (χ1) is 15.9. The van der Waals surface area contributed by atoms with Gasteiger partial charge in [0.2, 0.25) is 5.91 Å². The molecule has 0 unspecified atom stereocenters. The van der Waals surface area contributed by atoms with Gasteiger partial charge in [-0.05, 0) is 73.0 Å². The molecule has 0 saturated heterocycles. The fourth-order valence-corrected chi connectivity index (χ4v) is 5.53. The molecule has 1 aliphatic rings. The van der Waals surface area contributed by atoms with Gasteiger partial charge in [0.15, 0.2) is 0 Å². The van der Waals surface area contributed by atoms with Crippen LogP contribution in [0.5, 0.6) is 5.75 Å². The third-order valence-electron chi connectivity index (χ3n) is 5.60. The molecule has 0 bridgehead atoms. The lowest BCUT2D eigenvalue weighted by Crippen LogP contribution is -2.44. The van der Waals surface area contributed by atoms with Crippen LogP contribution in [-0.2, 0) is 27.8 Å². The number of fused-ring (bicyclic) bond motifs is 1. The van der Waals surface area contributed by atoms with E-state index < -0.39 is 10.0 Å². The maximum atomic E-state index is 13.6. The van der Waals surface area contributed by atoms with Crippen LogP contribution in [0.3, 0.4) is 0 Å². The highest BCUT2D eigenvalue weighted by molar-refractivity contribution is 9.10. The molecule has 172 valence electrons. The van der Waals surface area contributed by atoms with E-state index in [1.165, 1.54) is 22.0 Å². The third-order valence-corrected chi connectivity index (χ3v) is 7.92. The van der Waals surface area contributed by atoms with Crippen molar-refractivity contribution in [3.63, 3.8) is 0 Å². The number of rotatable bonds is 7. The molecule has 1 heterocycles. The highest BCUT2D eigenvalue weighted by Gasteiger charge is 2.30. The van der Waals surface area contributed by atoms with Crippen molar-refractivity contribution in [2.24, 2.45) is 0 Å². The minimum absolute atomic E-state index is 0.122. The molecule has 0 N–H and O–H groups in total. The van der Waals surface area contributed by atoms with E-state index in [-0.39, 0.29) is 17.3 Å².